The summed E-state index contributed by atoms with van der Waals surface area (Å²) in [5.41, 5.74) is 0. The summed E-state index contributed by atoms with van der Waals surface area (Å²) < 4.78 is 0. The molecular weight excluding hydrogens is 214 g/mol. The van der Waals surface area contributed by atoms with E-state index in [0.717, 1.165) is 0 Å². The minimum atomic E-state index is -0.330. The quantitative estimate of drug-likeness (QED) is 0.745. The molecule has 0 aliphatic carbocycles. The minimum Gasteiger partial charge on any atom is -0.346 e. The van der Waals surface area contributed by atoms with Crippen LogP contribution in [-0.4, -0.2) is 17.7 Å². The number of Topliss-reactive ketones (excluding diaryl/α,β-unsaturated/α-hetero) is 1. The number of amides is 1. The summed E-state index contributed by atoms with van der Waals surface area (Å²) in [4.78, 5) is 23.7. The SMILES string of the molecule is CC(C)CC(=O)N[C@H](C(=O)CC(C)C)C(C)C. The van der Waals surface area contributed by atoms with Crippen LogP contribution < -0.4 is 5.32 Å². The van der Waals surface area contributed by atoms with E-state index in [-0.39, 0.29) is 23.7 Å². The molecule has 0 fully saturated rings. The van der Waals surface area contributed by atoms with Crippen LogP contribution in [0.5, 0.6) is 0 Å². The molecule has 0 spiro atoms. The third-order valence-electron chi connectivity index (χ3n) is 2.53. The fourth-order valence-electron chi connectivity index (χ4n) is 1.75. The molecule has 100 valence electrons. The van der Waals surface area contributed by atoms with Gasteiger partial charge in [-0.2, -0.15) is 0 Å². The van der Waals surface area contributed by atoms with E-state index in [1.54, 1.807) is 0 Å². The Bertz CT molecular complexity index is 257. The summed E-state index contributed by atoms with van der Waals surface area (Å²) in [6, 6.07) is -0.330. The van der Waals surface area contributed by atoms with Crippen LogP contribution in [0.4, 0.5) is 0 Å². The lowest BCUT2D eigenvalue weighted by atomic mass is 9.93. The summed E-state index contributed by atoms with van der Waals surface area (Å²) in [6.45, 7) is 12.0. The Morgan fingerprint density at radius 1 is 0.882 bits per heavy atom. The van der Waals surface area contributed by atoms with E-state index in [4.69, 9.17) is 0 Å². The first-order chi connectivity index (χ1) is 7.73. The highest BCUT2D eigenvalue weighted by Crippen LogP contribution is 2.11. The standard InChI is InChI=1S/C14H27NO2/c1-9(2)7-12(16)14(11(5)6)15-13(17)8-10(3)4/h9-11,14H,7-8H2,1-6H3,(H,15,17)/t14-/m0/s1. The molecule has 0 aliphatic heterocycles. The van der Waals surface area contributed by atoms with Crippen molar-refractivity contribution < 1.29 is 9.59 Å². The van der Waals surface area contributed by atoms with Gasteiger partial charge in [0.25, 0.3) is 0 Å². The molecule has 0 aromatic rings. The predicted molar refractivity (Wildman–Crippen MR) is 70.7 cm³/mol. The van der Waals surface area contributed by atoms with E-state index in [1.807, 2.05) is 41.5 Å². The number of carbonyl (C=O) groups excluding carboxylic acids is 2. The molecule has 1 atom stereocenters. The Hall–Kier alpha value is -0.860. The summed E-state index contributed by atoms with van der Waals surface area (Å²) in [6.07, 6.45) is 1.02. The van der Waals surface area contributed by atoms with Crippen molar-refractivity contribution in [2.75, 3.05) is 0 Å². The fraction of sp³-hybridized carbons (Fsp3) is 0.857. The van der Waals surface area contributed by atoms with Gasteiger partial charge in [0.05, 0.1) is 6.04 Å². The third-order valence-corrected chi connectivity index (χ3v) is 2.53. The lowest BCUT2D eigenvalue weighted by Gasteiger charge is -2.22. The van der Waals surface area contributed by atoms with Gasteiger partial charge in [0.1, 0.15) is 0 Å². The number of nitrogens with one attached hydrogen (secondary N) is 1. The molecule has 0 saturated carbocycles. The van der Waals surface area contributed by atoms with Gasteiger partial charge in [-0.15, -0.1) is 0 Å². The molecule has 0 heterocycles. The molecule has 0 aromatic heterocycles. The van der Waals surface area contributed by atoms with Gasteiger partial charge in [-0.1, -0.05) is 41.5 Å². The van der Waals surface area contributed by atoms with Crippen molar-refractivity contribution in [1.82, 2.24) is 5.32 Å². The zero-order valence-corrected chi connectivity index (χ0v) is 12.0. The van der Waals surface area contributed by atoms with Crippen molar-refractivity contribution in [3.8, 4) is 0 Å². The highest BCUT2D eigenvalue weighted by atomic mass is 16.2. The third kappa shape index (κ3) is 7.14. The van der Waals surface area contributed by atoms with Crippen LogP contribution in [-0.2, 0) is 9.59 Å². The fourth-order valence-corrected chi connectivity index (χ4v) is 1.75. The smallest absolute Gasteiger partial charge is 0.220 e. The van der Waals surface area contributed by atoms with Crippen molar-refractivity contribution in [2.24, 2.45) is 17.8 Å². The number of hydrogen-bond acceptors (Lipinski definition) is 2. The Labute approximate surface area is 105 Å². The van der Waals surface area contributed by atoms with Crippen LogP contribution in [0, 0.1) is 17.8 Å². The molecule has 0 aromatic carbocycles. The topological polar surface area (TPSA) is 46.2 Å². The highest BCUT2D eigenvalue weighted by molar-refractivity contribution is 5.89. The summed E-state index contributed by atoms with van der Waals surface area (Å²) in [5.74, 6) is 0.939. The second-order valence-electron chi connectivity index (χ2n) is 5.95. The molecule has 3 nitrogen and oxygen atoms in total. The zero-order valence-electron chi connectivity index (χ0n) is 12.0. The average Bonchev–Trinajstić information content (AvgIpc) is 2.10. The van der Waals surface area contributed by atoms with E-state index in [9.17, 15) is 9.59 Å². The van der Waals surface area contributed by atoms with Crippen molar-refractivity contribution >= 4 is 11.7 Å². The lowest BCUT2D eigenvalue weighted by molar-refractivity contribution is -0.129. The number of carbonyl (C=O) groups is 2. The first-order valence-electron chi connectivity index (χ1n) is 6.56. The molecule has 0 saturated heterocycles. The van der Waals surface area contributed by atoms with Gasteiger partial charge < -0.3 is 5.32 Å². The van der Waals surface area contributed by atoms with E-state index >= 15 is 0 Å². The van der Waals surface area contributed by atoms with E-state index in [2.05, 4.69) is 5.32 Å². The summed E-state index contributed by atoms with van der Waals surface area (Å²) in [5, 5.41) is 2.86. The Morgan fingerprint density at radius 2 is 1.35 bits per heavy atom. The van der Waals surface area contributed by atoms with Crippen LogP contribution in [0.1, 0.15) is 54.4 Å². The maximum Gasteiger partial charge on any atom is 0.220 e. The van der Waals surface area contributed by atoms with Crippen LogP contribution in [0.25, 0.3) is 0 Å². The molecule has 0 bridgehead atoms. The van der Waals surface area contributed by atoms with E-state index in [1.165, 1.54) is 0 Å². The van der Waals surface area contributed by atoms with Gasteiger partial charge in [-0.3, -0.25) is 9.59 Å². The monoisotopic (exact) mass is 241 g/mol. The summed E-state index contributed by atoms with van der Waals surface area (Å²) in [7, 11) is 0. The average molecular weight is 241 g/mol. The van der Waals surface area contributed by atoms with Crippen LogP contribution in [0.3, 0.4) is 0 Å². The molecule has 0 rings (SSSR count). The maximum absolute atomic E-state index is 12.0. The number of hydrogen-bond donors (Lipinski definition) is 1. The largest absolute Gasteiger partial charge is 0.346 e. The van der Waals surface area contributed by atoms with Gasteiger partial charge in [-0.25, -0.2) is 0 Å². The van der Waals surface area contributed by atoms with Gasteiger partial charge in [-0.05, 0) is 17.8 Å². The molecule has 17 heavy (non-hydrogen) atoms. The van der Waals surface area contributed by atoms with Crippen LogP contribution >= 0.6 is 0 Å². The van der Waals surface area contributed by atoms with Gasteiger partial charge in [0.15, 0.2) is 5.78 Å². The number of ketones is 1. The molecule has 0 aliphatic rings. The van der Waals surface area contributed by atoms with Crippen molar-refractivity contribution in [3.63, 3.8) is 0 Å². The van der Waals surface area contributed by atoms with Crippen LogP contribution in [0.15, 0.2) is 0 Å². The first-order valence-corrected chi connectivity index (χ1v) is 6.56. The zero-order chi connectivity index (χ0) is 13.6. The molecular formula is C14H27NO2. The minimum absolute atomic E-state index is 0.0178. The van der Waals surface area contributed by atoms with Crippen LogP contribution in [0.2, 0.25) is 0 Å². The second kappa shape index (κ2) is 7.46. The Morgan fingerprint density at radius 3 is 1.71 bits per heavy atom. The molecule has 1 amide bonds. The first kappa shape index (κ1) is 16.1. The Kier molecular flexibility index (Phi) is 7.09. The molecule has 1 N–H and O–H groups in total. The maximum atomic E-state index is 12.0. The van der Waals surface area contributed by atoms with E-state index < -0.39 is 0 Å². The van der Waals surface area contributed by atoms with Gasteiger partial charge >= 0.3 is 0 Å². The second-order valence-corrected chi connectivity index (χ2v) is 5.95. The van der Waals surface area contributed by atoms with Gasteiger partial charge in [0.2, 0.25) is 5.91 Å². The molecule has 0 radical (unpaired) electrons. The number of rotatable bonds is 7. The van der Waals surface area contributed by atoms with Crippen molar-refractivity contribution in [2.45, 2.75) is 60.4 Å². The Balaban J connectivity index is 4.43. The van der Waals surface area contributed by atoms with Gasteiger partial charge in [0, 0.05) is 12.8 Å². The van der Waals surface area contributed by atoms with Crippen molar-refractivity contribution in [1.29, 1.82) is 0 Å². The lowest BCUT2D eigenvalue weighted by Crippen LogP contribution is -2.45. The normalized spacial score (nSPS) is 13.2. The van der Waals surface area contributed by atoms with Crippen molar-refractivity contribution in [3.05, 3.63) is 0 Å². The predicted octanol–water partition coefficient (Wildman–Crippen LogP) is 2.79. The molecule has 0 unspecified atom stereocenters. The molecule has 3 heteroatoms. The summed E-state index contributed by atoms with van der Waals surface area (Å²) >= 11 is 0. The van der Waals surface area contributed by atoms with E-state index in [0.29, 0.717) is 24.7 Å². The highest BCUT2D eigenvalue weighted by Gasteiger charge is 2.24.